The van der Waals surface area contributed by atoms with Crippen molar-refractivity contribution in [1.29, 1.82) is 0 Å². The molecular weight excluding hydrogens is 402 g/mol. The van der Waals surface area contributed by atoms with Crippen molar-refractivity contribution < 1.29 is 24.2 Å². The Morgan fingerprint density at radius 1 is 1.43 bits per heavy atom. The Labute approximate surface area is 172 Å². The van der Waals surface area contributed by atoms with Crippen LogP contribution in [0.3, 0.4) is 0 Å². The molecule has 28 heavy (non-hydrogen) atoms. The van der Waals surface area contributed by atoms with Crippen molar-refractivity contribution in [2.45, 2.75) is 39.2 Å². The second-order valence-electron chi connectivity index (χ2n) is 6.90. The Morgan fingerprint density at radius 3 is 2.79 bits per heavy atom. The van der Waals surface area contributed by atoms with Crippen LogP contribution in [0, 0.1) is 0 Å². The maximum atomic E-state index is 12.6. The van der Waals surface area contributed by atoms with Crippen LogP contribution in [0.15, 0.2) is 23.2 Å². The molecule has 0 aromatic carbocycles. The molecule has 0 bridgehead atoms. The van der Waals surface area contributed by atoms with E-state index in [1.807, 2.05) is 0 Å². The third kappa shape index (κ3) is 6.31. The molecule has 10 heteroatoms. The molecule has 2 rings (SSSR count). The van der Waals surface area contributed by atoms with Crippen LogP contribution in [0.1, 0.15) is 39.2 Å². The fraction of sp³-hybridized carbons (Fsp3) is 0.389. The highest BCUT2D eigenvalue weighted by Crippen LogP contribution is 2.33. The Kier molecular flexibility index (Phi) is 7.14. The maximum Gasteiger partial charge on any atom is 0.413 e. The third-order valence-electron chi connectivity index (χ3n) is 3.39. The molecule has 2 N–H and O–H groups in total. The summed E-state index contributed by atoms with van der Waals surface area (Å²) in [6.07, 6.45) is 2.73. The van der Waals surface area contributed by atoms with Gasteiger partial charge in [0.2, 0.25) is 0 Å². The van der Waals surface area contributed by atoms with Crippen LogP contribution in [-0.4, -0.2) is 49.4 Å². The second-order valence-corrected chi connectivity index (χ2v) is 8.57. The van der Waals surface area contributed by atoms with Crippen LogP contribution >= 0.6 is 24.0 Å². The van der Waals surface area contributed by atoms with Crippen molar-refractivity contribution in [2.24, 2.45) is 0 Å². The largest absolute Gasteiger partial charge is 0.481 e. The molecule has 0 spiro atoms. The first-order valence-electron chi connectivity index (χ1n) is 8.49. The quantitative estimate of drug-likeness (QED) is 0.529. The summed E-state index contributed by atoms with van der Waals surface area (Å²) in [7, 11) is 0. The van der Waals surface area contributed by atoms with Gasteiger partial charge >= 0.3 is 12.1 Å². The molecule has 8 nitrogen and oxygen atoms in total. The van der Waals surface area contributed by atoms with Gasteiger partial charge in [0, 0.05) is 24.7 Å². The number of carboxylic acid groups (broad SMARTS) is 1. The van der Waals surface area contributed by atoms with Gasteiger partial charge in [0.25, 0.3) is 5.91 Å². The fourth-order valence-corrected chi connectivity index (χ4v) is 3.56. The topological polar surface area (TPSA) is 109 Å². The predicted octanol–water partition coefficient (Wildman–Crippen LogP) is 3.49. The Hall–Kier alpha value is -2.46. The lowest BCUT2D eigenvalue weighted by Gasteiger charge is -2.19. The molecule has 0 saturated carbocycles. The van der Waals surface area contributed by atoms with Gasteiger partial charge in [-0.05, 0) is 45.4 Å². The molecule has 0 unspecified atom stereocenters. The lowest BCUT2D eigenvalue weighted by atomic mass is 10.2. The summed E-state index contributed by atoms with van der Waals surface area (Å²) in [5.74, 6) is -0.963. The highest BCUT2D eigenvalue weighted by molar-refractivity contribution is 8.26. The van der Waals surface area contributed by atoms with Crippen LogP contribution in [0.25, 0.3) is 6.08 Å². The number of amides is 2. The van der Waals surface area contributed by atoms with E-state index in [1.165, 1.54) is 11.1 Å². The molecule has 1 saturated heterocycles. The normalized spacial score (nSPS) is 15.8. The van der Waals surface area contributed by atoms with E-state index in [2.05, 4.69) is 10.3 Å². The zero-order valence-electron chi connectivity index (χ0n) is 15.7. The lowest BCUT2D eigenvalue weighted by Crippen LogP contribution is -2.29. The molecule has 2 heterocycles. The molecular formula is C18H21N3O5S2. The monoisotopic (exact) mass is 423 g/mol. The fourth-order valence-electron chi connectivity index (χ4n) is 2.26. The number of nitrogens with zero attached hydrogens (tertiary/aromatic N) is 2. The number of hydrogen-bond acceptors (Lipinski definition) is 7. The smallest absolute Gasteiger partial charge is 0.413 e. The highest BCUT2D eigenvalue weighted by atomic mass is 32.2. The predicted molar refractivity (Wildman–Crippen MR) is 111 cm³/mol. The van der Waals surface area contributed by atoms with E-state index in [0.717, 1.165) is 11.8 Å². The zero-order chi connectivity index (χ0) is 20.9. The molecule has 1 fully saturated rings. The van der Waals surface area contributed by atoms with Crippen molar-refractivity contribution >= 4 is 58.2 Å². The number of nitrogens with one attached hydrogen (secondary N) is 1. The first kappa shape index (κ1) is 21.8. The maximum absolute atomic E-state index is 12.6. The number of pyridine rings is 1. The second kappa shape index (κ2) is 9.16. The average molecular weight is 424 g/mol. The molecule has 0 aliphatic carbocycles. The number of aliphatic carboxylic acids is 1. The number of carboxylic acids is 1. The Balaban J connectivity index is 2.15. The van der Waals surface area contributed by atoms with E-state index in [-0.39, 0.29) is 24.7 Å². The van der Waals surface area contributed by atoms with Crippen LogP contribution < -0.4 is 5.32 Å². The summed E-state index contributed by atoms with van der Waals surface area (Å²) < 4.78 is 5.59. The van der Waals surface area contributed by atoms with Gasteiger partial charge in [0.05, 0.1) is 4.91 Å². The molecule has 0 atom stereocenters. The van der Waals surface area contributed by atoms with Gasteiger partial charge in [-0.3, -0.25) is 19.8 Å². The minimum absolute atomic E-state index is 0.0390. The minimum atomic E-state index is -0.922. The van der Waals surface area contributed by atoms with Crippen molar-refractivity contribution in [2.75, 3.05) is 11.9 Å². The molecule has 1 aromatic heterocycles. The van der Waals surface area contributed by atoms with E-state index >= 15 is 0 Å². The Bertz CT molecular complexity index is 833. The SMILES string of the molecule is CC(C)(C)OC(=O)Nc1ncccc1/C=C1\SC(=S)N(CCCC(=O)O)C1=O. The van der Waals surface area contributed by atoms with E-state index in [9.17, 15) is 14.4 Å². The van der Waals surface area contributed by atoms with Gasteiger partial charge < -0.3 is 9.84 Å². The van der Waals surface area contributed by atoms with Crippen LogP contribution in [-0.2, 0) is 14.3 Å². The number of carbonyl (C=O) groups excluding carboxylic acids is 2. The summed E-state index contributed by atoms with van der Waals surface area (Å²) >= 11 is 6.35. The molecule has 0 radical (unpaired) electrons. The van der Waals surface area contributed by atoms with E-state index in [4.69, 9.17) is 22.1 Å². The van der Waals surface area contributed by atoms with Crippen molar-refractivity contribution in [1.82, 2.24) is 9.88 Å². The zero-order valence-corrected chi connectivity index (χ0v) is 17.4. The summed E-state index contributed by atoms with van der Waals surface area (Å²) in [6.45, 7) is 5.50. The number of ether oxygens (including phenoxy) is 1. The molecule has 1 aliphatic rings. The van der Waals surface area contributed by atoms with Gasteiger partial charge in [-0.15, -0.1) is 0 Å². The minimum Gasteiger partial charge on any atom is -0.481 e. The molecule has 1 aromatic rings. The summed E-state index contributed by atoms with van der Waals surface area (Å²) in [5, 5.41) is 11.3. The number of thiocarbonyl (C=S) groups is 1. The summed E-state index contributed by atoms with van der Waals surface area (Å²) in [6, 6.07) is 3.39. The third-order valence-corrected chi connectivity index (χ3v) is 4.77. The number of carbonyl (C=O) groups is 3. The van der Waals surface area contributed by atoms with Crippen molar-refractivity contribution in [3.63, 3.8) is 0 Å². The number of hydrogen-bond donors (Lipinski definition) is 2. The summed E-state index contributed by atoms with van der Waals surface area (Å²) in [5.41, 5.74) is -0.128. The number of thioether (sulfide) groups is 1. The number of rotatable bonds is 6. The van der Waals surface area contributed by atoms with Gasteiger partial charge in [-0.1, -0.05) is 24.0 Å². The molecule has 1 aliphatic heterocycles. The van der Waals surface area contributed by atoms with Crippen molar-refractivity contribution in [3.05, 3.63) is 28.8 Å². The molecule has 2 amide bonds. The van der Waals surface area contributed by atoms with Crippen LogP contribution in [0.5, 0.6) is 0 Å². The summed E-state index contributed by atoms with van der Waals surface area (Å²) in [4.78, 5) is 41.1. The average Bonchev–Trinajstić information content (AvgIpc) is 2.82. The Morgan fingerprint density at radius 2 is 2.14 bits per heavy atom. The number of anilines is 1. The lowest BCUT2D eigenvalue weighted by molar-refractivity contribution is -0.137. The van der Waals surface area contributed by atoms with Gasteiger partial charge in [-0.25, -0.2) is 9.78 Å². The standard InChI is InChI=1S/C18H21N3O5S2/c1-18(2,3)26-16(25)20-14-11(6-4-8-19-14)10-12-15(24)21(17(27)28-12)9-5-7-13(22)23/h4,6,8,10H,5,7,9H2,1-3H3,(H,22,23)(H,19,20,25)/b12-10-. The van der Waals surface area contributed by atoms with E-state index in [1.54, 1.807) is 39.0 Å². The first-order chi connectivity index (χ1) is 13.1. The van der Waals surface area contributed by atoms with Crippen molar-refractivity contribution in [3.8, 4) is 0 Å². The van der Waals surface area contributed by atoms with E-state index < -0.39 is 17.7 Å². The number of aromatic nitrogens is 1. The van der Waals surface area contributed by atoms with Gasteiger partial charge in [0.15, 0.2) is 0 Å². The van der Waals surface area contributed by atoms with Gasteiger partial charge in [-0.2, -0.15) is 0 Å². The van der Waals surface area contributed by atoms with Crippen LogP contribution in [0.4, 0.5) is 10.6 Å². The first-order valence-corrected chi connectivity index (χ1v) is 9.71. The van der Waals surface area contributed by atoms with E-state index in [0.29, 0.717) is 21.2 Å². The molecule has 150 valence electrons. The van der Waals surface area contributed by atoms with Crippen LogP contribution in [0.2, 0.25) is 0 Å². The highest BCUT2D eigenvalue weighted by Gasteiger charge is 2.32. The van der Waals surface area contributed by atoms with Gasteiger partial charge in [0.1, 0.15) is 15.7 Å².